The van der Waals surface area contributed by atoms with Crippen LogP contribution in [0.3, 0.4) is 0 Å². The quantitative estimate of drug-likeness (QED) is 0.801. The highest BCUT2D eigenvalue weighted by molar-refractivity contribution is 5.25. The Morgan fingerprint density at radius 2 is 2.12 bits per heavy atom. The molecule has 136 valence electrons. The highest BCUT2D eigenvalue weighted by Gasteiger charge is 2.30. The van der Waals surface area contributed by atoms with Crippen LogP contribution >= 0.6 is 0 Å². The highest BCUT2D eigenvalue weighted by atomic mass is 19.4. The minimum absolute atomic E-state index is 0.531. The predicted octanol–water partition coefficient (Wildman–Crippen LogP) is 4.28. The first-order chi connectivity index (χ1) is 11.9. The number of benzene rings is 1. The number of imidazole rings is 1. The highest BCUT2D eigenvalue weighted by Crippen LogP contribution is 2.30. The summed E-state index contributed by atoms with van der Waals surface area (Å²) >= 11 is 0. The van der Waals surface area contributed by atoms with Crippen LogP contribution in [0, 0.1) is 5.92 Å². The first-order valence-electron chi connectivity index (χ1n) is 8.76. The Morgan fingerprint density at radius 3 is 2.84 bits per heavy atom. The number of hydrogen-bond acceptors (Lipinski definition) is 2. The van der Waals surface area contributed by atoms with E-state index in [2.05, 4.69) is 9.88 Å². The molecule has 25 heavy (non-hydrogen) atoms. The van der Waals surface area contributed by atoms with Crippen molar-refractivity contribution in [1.29, 1.82) is 0 Å². The summed E-state index contributed by atoms with van der Waals surface area (Å²) in [5, 5.41) is 0. The van der Waals surface area contributed by atoms with Gasteiger partial charge in [0.25, 0.3) is 0 Å². The average Bonchev–Trinajstić information content (AvgIpc) is 2.98. The second-order valence-electron chi connectivity index (χ2n) is 6.93. The maximum absolute atomic E-state index is 12.8. The average molecular weight is 351 g/mol. The third-order valence-corrected chi connectivity index (χ3v) is 4.98. The summed E-state index contributed by atoms with van der Waals surface area (Å²) in [5.74, 6) is 1.59. The van der Waals surface area contributed by atoms with E-state index in [0.29, 0.717) is 12.3 Å². The van der Waals surface area contributed by atoms with Crippen LogP contribution in [0.4, 0.5) is 13.2 Å². The van der Waals surface area contributed by atoms with Crippen LogP contribution in [-0.4, -0.2) is 27.5 Å². The van der Waals surface area contributed by atoms with Gasteiger partial charge in [0.1, 0.15) is 5.82 Å². The van der Waals surface area contributed by atoms with E-state index in [1.54, 1.807) is 6.07 Å². The van der Waals surface area contributed by atoms with Crippen LogP contribution in [0.25, 0.3) is 0 Å². The van der Waals surface area contributed by atoms with Gasteiger partial charge >= 0.3 is 6.18 Å². The van der Waals surface area contributed by atoms with Crippen molar-refractivity contribution >= 4 is 0 Å². The Hall–Kier alpha value is -1.82. The summed E-state index contributed by atoms with van der Waals surface area (Å²) in [4.78, 5) is 6.78. The molecule has 1 fully saturated rings. The predicted molar refractivity (Wildman–Crippen MR) is 91.0 cm³/mol. The van der Waals surface area contributed by atoms with Crippen molar-refractivity contribution in [3.05, 3.63) is 53.6 Å². The minimum Gasteiger partial charge on any atom is -0.337 e. The summed E-state index contributed by atoms with van der Waals surface area (Å²) in [6.45, 7) is 2.89. The van der Waals surface area contributed by atoms with Gasteiger partial charge in [0, 0.05) is 26.0 Å². The monoisotopic (exact) mass is 351 g/mol. The smallest absolute Gasteiger partial charge is 0.337 e. The second-order valence-corrected chi connectivity index (χ2v) is 6.93. The fourth-order valence-corrected chi connectivity index (χ4v) is 3.55. The van der Waals surface area contributed by atoms with Gasteiger partial charge in [-0.05, 0) is 49.8 Å². The van der Waals surface area contributed by atoms with E-state index in [-0.39, 0.29) is 0 Å². The van der Waals surface area contributed by atoms with Crippen LogP contribution in [0.15, 0.2) is 36.7 Å². The molecule has 1 saturated heterocycles. The molecule has 0 radical (unpaired) electrons. The van der Waals surface area contributed by atoms with E-state index in [9.17, 15) is 13.2 Å². The van der Waals surface area contributed by atoms with Crippen LogP contribution < -0.4 is 0 Å². The number of aromatic nitrogens is 2. The van der Waals surface area contributed by atoms with Crippen LogP contribution in [0.2, 0.25) is 0 Å². The van der Waals surface area contributed by atoms with E-state index in [1.165, 1.54) is 12.1 Å². The van der Waals surface area contributed by atoms with E-state index in [4.69, 9.17) is 0 Å². The van der Waals surface area contributed by atoms with Crippen LogP contribution in [0.5, 0.6) is 0 Å². The molecule has 1 aromatic carbocycles. The lowest BCUT2D eigenvalue weighted by Crippen LogP contribution is -2.35. The fraction of sp³-hybridized carbons (Fsp3) is 0.526. The van der Waals surface area contributed by atoms with Gasteiger partial charge in [-0.3, -0.25) is 4.90 Å². The molecule has 1 aliphatic rings. The molecule has 6 heteroatoms. The number of rotatable bonds is 5. The number of aryl methyl sites for hydroxylation is 2. The zero-order valence-corrected chi connectivity index (χ0v) is 14.5. The molecular formula is C19H24F3N3. The maximum Gasteiger partial charge on any atom is 0.416 e. The molecule has 0 unspecified atom stereocenters. The van der Waals surface area contributed by atoms with Crippen molar-refractivity contribution in [2.24, 2.45) is 13.0 Å². The lowest BCUT2D eigenvalue weighted by atomic mass is 9.91. The fourth-order valence-electron chi connectivity index (χ4n) is 3.55. The van der Waals surface area contributed by atoms with Gasteiger partial charge < -0.3 is 4.57 Å². The van der Waals surface area contributed by atoms with Crippen LogP contribution in [0.1, 0.15) is 36.2 Å². The molecule has 0 spiro atoms. The Bertz CT molecular complexity index is 693. The first-order valence-corrected chi connectivity index (χ1v) is 8.76. The van der Waals surface area contributed by atoms with Gasteiger partial charge in [-0.2, -0.15) is 13.2 Å². The summed E-state index contributed by atoms with van der Waals surface area (Å²) in [6, 6.07) is 5.73. The van der Waals surface area contributed by atoms with Crippen molar-refractivity contribution < 1.29 is 13.2 Å². The van der Waals surface area contributed by atoms with Crippen molar-refractivity contribution in [2.75, 3.05) is 13.1 Å². The Morgan fingerprint density at radius 1 is 1.28 bits per heavy atom. The molecule has 2 aromatic rings. The van der Waals surface area contributed by atoms with Crippen molar-refractivity contribution in [3.8, 4) is 0 Å². The first kappa shape index (κ1) is 18.0. The molecular weight excluding hydrogens is 327 g/mol. The van der Waals surface area contributed by atoms with E-state index in [1.807, 2.05) is 24.0 Å². The standard InChI is InChI=1S/C19H24F3N3/c1-24-11-9-23-18(24)14-25-10-3-5-16(13-25)8-7-15-4-2-6-17(12-15)19(20,21)22/h2,4,6,9,11-12,16H,3,5,7-8,10,13-14H2,1H3/t16-/m1/s1. The number of hydrogen-bond donors (Lipinski definition) is 0. The SMILES string of the molecule is Cn1ccnc1CN1CCC[C@H](CCc2cccc(C(F)(F)F)c2)C1. The summed E-state index contributed by atoms with van der Waals surface area (Å²) < 4.78 is 40.5. The molecule has 1 aliphatic heterocycles. The molecule has 0 N–H and O–H groups in total. The topological polar surface area (TPSA) is 21.1 Å². The molecule has 3 nitrogen and oxygen atoms in total. The third-order valence-electron chi connectivity index (χ3n) is 4.98. The third kappa shape index (κ3) is 4.84. The summed E-state index contributed by atoms with van der Waals surface area (Å²) in [5.41, 5.74) is 0.223. The minimum atomic E-state index is -4.26. The maximum atomic E-state index is 12.8. The molecule has 3 rings (SSSR count). The van der Waals surface area contributed by atoms with Gasteiger partial charge in [0.2, 0.25) is 0 Å². The van der Waals surface area contributed by atoms with Gasteiger partial charge in [-0.25, -0.2) is 4.98 Å². The van der Waals surface area contributed by atoms with Gasteiger partial charge in [-0.15, -0.1) is 0 Å². The van der Waals surface area contributed by atoms with Gasteiger partial charge in [-0.1, -0.05) is 18.2 Å². The summed E-state index contributed by atoms with van der Waals surface area (Å²) in [6.07, 6.45) is 3.41. The number of halogens is 3. The molecule has 0 bridgehead atoms. The number of nitrogens with zero attached hydrogens (tertiary/aromatic N) is 3. The largest absolute Gasteiger partial charge is 0.416 e. The zero-order valence-electron chi connectivity index (χ0n) is 14.5. The van der Waals surface area contributed by atoms with Gasteiger partial charge in [0.05, 0.1) is 12.1 Å². The molecule has 0 aliphatic carbocycles. The lowest BCUT2D eigenvalue weighted by molar-refractivity contribution is -0.137. The summed E-state index contributed by atoms with van der Waals surface area (Å²) in [7, 11) is 2.00. The number of piperidine rings is 1. The molecule has 2 heterocycles. The Kier molecular flexibility index (Phi) is 5.47. The molecule has 0 saturated carbocycles. The van der Waals surface area contributed by atoms with Crippen molar-refractivity contribution in [3.63, 3.8) is 0 Å². The second kappa shape index (κ2) is 7.60. The van der Waals surface area contributed by atoms with Crippen molar-refractivity contribution in [2.45, 2.75) is 38.4 Å². The van der Waals surface area contributed by atoms with Crippen LogP contribution in [-0.2, 0) is 26.2 Å². The normalized spacial score (nSPS) is 19.3. The lowest BCUT2D eigenvalue weighted by Gasteiger charge is -2.32. The van der Waals surface area contributed by atoms with E-state index >= 15 is 0 Å². The van der Waals surface area contributed by atoms with Crippen molar-refractivity contribution in [1.82, 2.24) is 14.5 Å². The Labute approximate surface area is 146 Å². The number of alkyl halides is 3. The molecule has 1 atom stereocenters. The van der Waals surface area contributed by atoms with E-state index < -0.39 is 11.7 Å². The molecule has 1 aromatic heterocycles. The molecule has 0 amide bonds. The number of likely N-dealkylation sites (tertiary alicyclic amines) is 1. The zero-order chi connectivity index (χ0) is 17.9. The van der Waals surface area contributed by atoms with Gasteiger partial charge in [0.15, 0.2) is 0 Å². The van der Waals surface area contributed by atoms with E-state index in [0.717, 1.165) is 56.4 Å². The Balaban J connectivity index is 1.54.